The summed E-state index contributed by atoms with van der Waals surface area (Å²) in [7, 11) is 0. The molecule has 7 N–H and O–H groups in total. The lowest BCUT2D eigenvalue weighted by Gasteiger charge is -2.43. The Balaban J connectivity index is 0.000000136. The van der Waals surface area contributed by atoms with Crippen molar-refractivity contribution in [3.05, 3.63) is 309 Å². The summed E-state index contributed by atoms with van der Waals surface area (Å²) in [5, 5.41) is 9.85. The number of ether oxygens (including phenoxy) is 1. The normalized spacial score (nSPS) is 19.0. The number of rotatable bonds is 11. The van der Waals surface area contributed by atoms with Crippen LogP contribution in [0.25, 0.3) is 0 Å². The largest absolute Gasteiger partial charge is 0.444 e. The maximum atomic E-state index is 12.8. The number of hydrogen-bond donors (Lipinski definition) is 5. The van der Waals surface area contributed by atoms with E-state index in [2.05, 4.69) is 184 Å². The molecule has 0 unspecified atom stereocenters. The summed E-state index contributed by atoms with van der Waals surface area (Å²) in [6, 6.07) is 56.7. The highest BCUT2D eigenvalue weighted by Crippen LogP contribution is 2.56. The number of anilines is 4. The minimum absolute atomic E-state index is 0. The average Bonchev–Trinajstić information content (AvgIpc) is 1.60. The number of nitrogens with zero attached hydrogens (tertiary/aromatic N) is 12. The number of carbonyl (C=O) groups excluding carboxylic acids is 1. The summed E-state index contributed by atoms with van der Waals surface area (Å²) < 4.78 is 6.39. The van der Waals surface area contributed by atoms with Crippen molar-refractivity contribution in [2.75, 3.05) is 72.0 Å². The van der Waals surface area contributed by atoms with Crippen LogP contribution in [0, 0.1) is 21.7 Å². The third-order valence-electron chi connectivity index (χ3n) is 26.1. The molecule has 4 fully saturated rings. The van der Waals surface area contributed by atoms with Crippen molar-refractivity contribution in [1.29, 1.82) is 0 Å². The molecule has 4 saturated heterocycles. The van der Waals surface area contributed by atoms with Crippen LogP contribution in [0.5, 0.6) is 0 Å². The molecule has 4 aliphatic carbocycles. The van der Waals surface area contributed by atoms with Crippen LogP contribution in [0.15, 0.2) is 259 Å². The predicted molar refractivity (Wildman–Crippen MR) is 545 cm³/mol. The van der Waals surface area contributed by atoms with Crippen molar-refractivity contribution >= 4 is 211 Å². The van der Waals surface area contributed by atoms with Crippen LogP contribution in [-0.4, -0.2) is 104 Å². The van der Waals surface area contributed by atoms with Crippen LogP contribution in [0.3, 0.4) is 0 Å². The number of hydrogen-bond acceptors (Lipinski definition) is 21. The summed E-state index contributed by atoms with van der Waals surface area (Å²) in [6.45, 7) is 13.1. The molecule has 4 aliphatic heterocycles. The van der Waals surface area contributed by atoms with E-state index in [1.165, 1.54) is 79.8 Å². The molecule has 20 rings (SSSR count). The van der Waals surface area contributed by atoms with Gasteiger partial charge in [-0.2, -0.15) is 0 Å². The van der Waals surface area contributed by atoms with Crippen LogP contribution in [-0.2, 0) is 30.4 Å². The molecule has 8 aromatic carbocycles. The Kier molecular flexibility index (Phi) is 33.2. The van der Waals surface area contributed by atoms with E-state index in [0.717, 1.165) is 187 Å². The molecule has 0 radical (unpaired) electrons. The van der Waals surface area contributed by atoms with Crippen LogP contribution in [0.4, 0.5) is 28.1 Å². The summed E-state index contributed by atoms with van der Waals surface area (Å²) in [6.07, 6.45) is 26.7. The van der Waals surface area contributed by atoms with Crippen molar-refractivity contribution in [2.45, 2.75) is 162 Å². The third-order valence-corrected chi connectivity index (χ3v) is 33.5. The first-order valence-electron chi connectivity index (χ1n) is 42.6. The van der Waals surface area contributed by atoms with Gasteiger partial charge in [0.25, 0.3) is 0 Å². The number of alkyl carbamates (subject to hydrolysis) is 1. The zero-order valence-corrected chi connectivity index (χ0v) is 84.2. The number of aromatic nitrogens is 8. The van der Waals surface area contributed by atoms with Gasteiger partial charge in [-0.25, -0.2) is 44.7 Å². The monoisotopic (exact) mass is 2080 g/mol. The minimum atomic E-state index is -0.542. The highest BCUT2D eigenvalue weighted by molar-refractivity contribution is 9.10. The fourth-order valence-electron chi connectivity index (χ4n) is 19.1. The van der Waals surface area contributed by atoms with Crippen LogP contribution >= 0.6 is 181 Å². The quantitative estimate of drug-likeness (QED) is 0.0758. The number of fused-ring (bicyclic) bond motifs is 4. The molecule has 18 nitrogen and oxygen atoms in total. The van der Waals surface area contributed by atoms with Gasteiger partial charge in [0.15, 0.2) is 0 Å². The standard InChI is InChI=1S/C28H30Cl2N4O2S.2C23H22Cl2N4S.C17H19BrN4.C6H4Cl2S.2ClH/c1-27(2,3)36-26(35)33-25-19-8-5-4-7-18(19)15-28(25)11-13-34(14-12-28)22-16-32-23(17-31-22)37-21-10-6-9-20(29)24(21)30;2*24-17-6-3-7-18(21(17)25)30-20-14-27-19(13-28-20)29-10-8-23(9-11-29)12-15-4-1-2-5-16(15)22(23)26;18-14-10-21-15(11-20-14)22-7-5-17(6-8-22)9-12-3-1-2-4-13(12)16(17)19;7-4-2-1-3-5(9)6(4)8;;/h4-10,16-17,25H,11-15H2,1-3H3,(H,33,35);2*1-7,13-14,22H,8-12,26H2;1-4,10-11,16H,5-9,19H2;1-3,9H;2*1H/t25-;2*22-;16-;;;/m1111.../s1. The molecule has 4 aromatic heterocycles. The number of halogens is 11. The summed E-state index contributed by atoms with van der Waals surface area (Å²) in [4.78, 5) is 61.8. The number of amides is 1. The second-order valence-corrected chi connectivity index (χ2v) is 42.4. The van der Waals surface area contributed by atoms with Gasteiger partial charge in [0.05, 0.1) is 95.8 Å². The van der Waals surface area contributed by atoms with E-state index < -0.39 is 5.60 Å². The van der Waals surface area contributed by atoms with Crippen molar-refractivity contribution in [3.63, 3.8) is 0 Å². The molecule has 680 valence electrons. The lowest BCUT2D eigenvalue weighted by atomic mass is 9.72. The van der Waals surface area contributed by atoms with E-state index in [0.29, 0.717) is 45.1 Å². The average molecular weight is 2080 g/mol. The van der Waals surface area contributed by atoms with Crippen molar-refractivity contribution < 1.29 is 9.53 Å². The highest BCUT2D eigenvalue weighted by Gasteiger charge is 2.51. The van der Waals surface area contributed by atoms with Gasteiger partial charge in [0, 0.05) is 95.5 Å². The molecule has 4 spiro atoms. The lowest BCUT2D eigenvalue weighted by Crippen LogP contribution is -2.47. The van der Waals surface area contributed by atoms with Crippen LogP contribution in [0.2, 0.25) is 40.2 Å². The highest BCUT2D eigenvalue weighted by atomic mass is 79.9. The SMILES string of the molecule is CC(C)(C)OC(=O)N[C@@H]1c2ccccc2CC12CCN(c1cnc(Sc3cccc(Cl)c3Cl)cn1)CC2.Cl.Cl.N[C@@H]1c2ccccc2CC12CCN(c1cnc(Br)cn1)CC2.N[C@@H]1c2ccccc2CC12CCN(c1cnc(Sc3cccc(Cl)c3Cl)cn1)CC2.N[C@@H]1c2ccccc2CC12CCN(c1cnc(Sc3cccc(Cl)c3Cl)cn1)CC2.Sc1cccc(Cl)c1Cl. The van der Waals surface area contributed by atoms with E-state index >= 15 is 0 Å². The van der Waals surface area contributed by atoms with Gasteiger partial charge in [0.1, 0.15) is 48.6 Å². The molecule has 1 amide bonds. The Morgan fingerprint density at radius 2 is 0.669 bits per heavy atom. The first-order chi connectivity index (χ1) is 61.6. The Hall–Kier alpha value is -6.79. The van der Waals surface area contributed by atoms with Gasteiger partial charge in [-0.05, 0) is 223 Å². The van der Waals surface area contributed by atoms with Gasteiger partial charge in [-0.3, -0.25) is 0 Å². The second-order valence-electron chi connectivity index (χ2n) is 34.8. The molecule has 12 aromatic rings. The number of thiol groups is 1. The summed E-state index contributed by atoms with van der Waals surface area (Å²) in [5.41, 5.74) is 30.7. The van der Waals surface area contributed by atoms with Gasteiger partial charge in [-0.15, -0.1) is 37.4 Å². The van der Waals surface area contributed by atoms with E-state index in [-0.39, 0.29) is 76.7 Å². The molecule has 0 saturated carbocycles. The fourth-order valence-corrected chi connectivity index (χ4v) is 23.7. The topological polar surface area (TPSA) is 232 Å². The van der Waals surface area contributed by atoms with E-state index in [1.54, 1.807) is 61.2 Å². The van der Waals surface area contributed by atoms with E-state index in [4.69, 9.17) is 115 Å². The molecular formula is C97H99BrCl10N16O2S4. The van der Waals surface area contributed by atoms with Crippen LogP contribution in [0.1, 0.15) is 141 Å². The lowest BCUT2D eigenvalue weighted by molar-refractivity contribution is 0.0428. The maximum Gasteiger partial charge on any atom is 0.408 e. The zero-order chi connectivity index (χ0) is 89.7. The number of carbonyl (C=O) groups is 1. The van der Waals surface area contributed by atoms with E-state index in [1.807, 2.05) is 88.0 Å². The maximum absolute atomic E-state index is 12.8. The molecule has 0 bridgehead atoms. The number of nitrogens with two attached hydrogens (primary N) is 3. The number of benzene rings is 8. The van der Waals surface area contributed by atoms with Crippen LogP contribution < -0.4 is 42.1 Å². The summed E-state index contributed by atoms with van der Waals surface area (Å²) in [5.74, 6) is 3.64. The number of piperidine rings is 4. The van der Waals surface area contributed by atoms with Crippen molar-refractivity contribution in [2.24, 2.45) is 38.9 Å². The fraction of sp³-hybridized carbons (Fsp3) is 0.330. The Bertz CT molecular complexity index is 5720. The van der Waals surface area contributed by atoms with E-state index in [9.17, 15) is 4.79 Å². The molecular weight excluding hydrogens is 1980 g/mol. The number of nitrogens with one attached hydrogen (secondary N) is 1. The summed E-state index contributed by atoms with van der Waals surface area (Å²) >= 11 is 60.3. The van der Waals surface area contributed by atoms with Gasteiger partial charge >= 0.3 is 6.09 Å². The molecule has 8 heterocycles. The minimum Gasteiger partial charge on any atom is -0.444 e. The molecule has 33 heteroatoms. The smallest absolute Gasteiger partial charge is 0.408 e. The first-order valence-corrected chi connectivity index (χ1v) is 49.4. The van der Waals surface area contributed by atoms with Crippen molar-refractivity contribution in [3.8, 4) is 0 Å². The van der Waals surface area contributed by atoms with Crippen molar-refractivity contribution in [1.82, 2.24) is 45.2 Å². The Morgan fingerprint density at radius 3 is 0.962 bits per heavy atom. The Labute approximate surface area is 839 Å². The third kappa shape index (κ3) is 22.6. The molecule has 130 heavy (non-hydrogen) atoms. The van der Waals surface area contributed by atoms with Gasteiger partial charge in [0.2, 0.25) is 0 Å². The Morgan fingerprint density at radius 1 is 0.385 bits per heavy atom. The van der Waals surface area contributed by atoms with Gasteiger partial charge in [-0.1, -0.05) is 249 Å². The zero-order valence-electron chi connectivity index (χ0n) is 71.5. The first kappa shape index (κ1) is 99.2. The predicted octanol–water partition coefficient (Wildman–Crippen LogP) is 26.1. The second kappa shape index (κ2) is 43.5. The van der Waals surface area contributed by atoms with Gasteiger partial charge < -0.3 is 46.9 Å². The molecule has 4 atom stereocenters. The molecule has 8 aliphatic rings.